The quantitative estimate of drug-likeness (QED) is 0.563. The van der Waals surface area contributed by atoms with E-state index in [-0.39, 0.29) is 7.92 Å². The van der Waals surface area contributed by atoms with Gasteiger partial charge in [-0.15, -0.1) is 7.92 Å². The van der Waals surface area contributed by atoms with Crippen LogP contribution < -0.4 is 0 Å². The van der Waals surface area contributed by atoms with E-state index in [1.807, 2.05) is 0 Å². The maximum Gasteiger partial charge on any atom is 0.0625 e. The van der Waals surface area contributed by atoms with E-state index in [2.05, 4.69) is 6.07 Å². The Morgan fingerprint density at radius 3 is 2.00 bits per heavy atom. The number of hydrogen-bond acceptors (Lipinski definition) is 3. The molecule has 0 aromatic carbocycles. The first-order valence-electron chi connectivity index (χ1n) is 4.42. The molecule has 0 unspecified atom stereocenters. The molecule has 0 aliphatic heterocycles. The van der Waals surface area contributed by atoms with Crippen LogP contribution in [0.15, 0.2) is 0 Å². The first-order chi connectivity index (χ1) is 6.35. The number of nitriles is 1. The first kappa shape index (κ1) is 12.8. The Labute approximate surface area is 81.8 Å². The van der Waals surface area contributed by atoms with Crippen molar-refractivity contribution in [1.29, 1.82) is 5.26 Å². The van der Waals surface area contributed by atoms with Gasteiger partial charge in [-0.25, -0.2) is 0 Å². The molecule has 0 aliphatic rings. The van der Waals surface area contributed by atoms with E-state index >= 15 is 0 Å². The lowest BCUT2D eigenvalue weighted by Gasteiger charge is -2.14. The molecule has 0 amide bonds. The number of ether oxygens (including phenoxy) is 2. The third kappa shape index (κ3) is 8.18. The maximum atomic E-state index is 8.46. The molecule has 0 aliphatic carbocycles. The number of rotatable bonds is 8. The van der Waals surface area contributed by atoms with E-state index < -0.39 is 0 Å². The van der Waals surface area contributed by atoms with Gasteiger partial charge >= 0.3 is 0 Å². The zero-order valence-electron chi connectivity index (χ0n) is 8.45. The van der Waals surface area contributed by atoms with Crippen LogP contribution in [-0.2, 0) is 9.47 Å². The van der Waals surface area contributed by atoms with Gasteiger partial charge in [-0.05, 0) is 18.5 Å². The average Bonchev–Trinajstić information content (AvgIpc) is 2.17. The summed E-state index contributed by atoms with van der Waals surface area (Å²) in [6.07, 6.45) is 3.88. The van der Waals surface area contributed by atoms with Crippen LogP contribution in [0.4, 0.5) is 0 Å². The Bertz CT molecular complexity index is 139. The van der Waals surface area contributed by atoms with Crippen molar-refractivity contribution in [1.82, 2.24) is 0 Å². The van der Waals surface area contributed by atoms with Crippen LogP contribution in [0, 0.1) is 11.3 Å². The molecule has 0 fully saturated rings. The van der Waals surface area contributed by atoms with Crippen LogP contribution in [0.3, 0.4) is 0 Å². The molecule has 3 nitrogen and oxygen atoms in total. The Morgan fingerprint density at radius 1 is 1.08 bits per heavy atom. The highest BCUT2D eigenvalue weighted by molar-refractivity contribution is 7.57. The molecule has 76 valence electrons. The predicted octanol–water partition coefficient (Wildman–Crippen LogP) is 1.67. The lowest BCUT2D eigenvalue weighted by atomic mass is 10.6. The second kappa shape index (κ2) is 9.92. The van der Waals surface area contributed by atoms with Gasteiger partial charge in [0.1, 0.15) is 0 Å². The molecule has 0 radical (unpaired) electrons. The summed E-state index contributed by atoms with van der Waals surface area (Å²) in [6, 6.07) is 2.19. The standard InChI is InChI=1S/C9H18NO2P/c1-11-5-8-13(7-3-4-10)9-6-12-2/h3,5-9H2,1-2H3. The topological polar surface area (TPSA) is 42.2 Å². The Hall–Kier alpha value is -0.160. The van der Waals surface area contributed by atoms with Gasteiger partial charge in [0.25, 0.3) is 0 Å². The molecular formula is C9H18NO2P. The predicted molar refractivity (Wildman–Crippen MR) is 55.5 cm³/mol. The summed E-state index contributed by atoms with van der Waals surface area (Å²) in [5, 5.41) is 8.46. The van der Waals surface area contributed by atoms with Gasteiger partial charge in [0, 0.05) is 20.6 Å². The van der Waals surface area contributed by atoms with Gasteiger partial charge in [-0.2, -0.15) is 5.26 Å². The van der Waals surface area contributed by atoms with E-state index in [0.717, 1.165) is 31.7 Å². The third-order valence-corrected chi connectivity index (χ3v) is 4.25. The lowest BCUT2D eigenvalue weighted by molar-refractivity contribution is 0.213. The van der Waals surface area contributed by atoms with Crippen LogP contribution in [0.5, 0.6) is 0 Å². The molecule has 0 spiro atoms. The highest BCUT2D eigenvalue weighted by Gasteiger charge is 2.06. The molecule has 0 N–H and O–H groups in total. The fourth-order valence-electron chi connectivity index (χ4n) is 0.984. The summed E-state index contributed by atoms with van der Waals surface area (Å²) in [6.45, 7) is 1.61. The van der Waals surface area contributed by atoms with Crippen LogP contribution in [0.1, 0.15) is 6.42 Å². The second-order valence-corrected chi connectivity index (χ2v) is 5.42. The van der Waals surface area contributed by atoms with Gasteiger partial charge in [-0.3, -0.25) is 0 Å². The monoisotopic (exact) mass is 203 g/mol. The first-order valence-corrected chi connectivity index (χ1v) is 6.32. The van der Waals surface area contributed by atoms with E-state index in [4.69, 9.17) is 14.7 Å². The van der Waals surface area contributed by atoms with Crippen LogP contribution >= 0.6 is 7.92 Å². The zero-order valence-corrected chi connectivity index (χ0v) is 9.35. The van der Waals surface area contributed by atoms with Gasteiger partial charge in [0.15, 0.2) is 0 Å². The van der Waals surface area contributed by atoms with Crippen molar-refractivity contribution in [3.8, 4) is 6.07 Å². The minimum absolute atomic E-state index is 0.0508. The Balaban J connectivity index is 3.54. The molecule has 4 heteroatoms. The largest absolute Gasteiger partial charge is 0.384 e. The molecule has 0 aromatic heterocycles. The second-order valence-electron chi connectivity index (χ2n) is 2.74. The van der Waals surface area contributed by atoms with E-state index in [1.54, 1.807) is 14.2 Å². The summed E-state index contributed by atoms with van der Waals surface area (Å²) in [5.74, 6) is 0. The van der Waals surface area contributed by atoms with Crippen LogP contribution in [-0.4, -0.2) is 45.9 Å². The smallest absolute Gasteiger partial charge is 0.0625 e. The number of nitrogens with zero attached hydrogens (tertiary/aromatic N) is 1. The Morgan fingerprint density at radius 2 is 1.62 bits per heavy atom. The summed E-state index contributed by atoms with van der Waals surface area (Å²) in [4.78, 5) is 0. The van der Waals surface area contributed by atoms with Gasteiger partial charge < -0.3 is 9.47 Å². The third-order valence-electron chi connectivity index (χ3n) is 1.76. The zero-order chi connectivity index (χ0) is 9.94. The van der Waals surface area contributed by atoms with Crippen molar-refractivity contribution in [2.45, 2.75) is 6.42 Å². The molecule has 0 aromatic rings. The molecule has 0 bridgehead atoms. The lowest BCUT2D eigenvalue weighted by Crippen LogP contribution is -2.04. The van der Waals surface area contributed by atoms with Crippen molar-refractivity contribution in [2.24, 2.45) is 0 Å². The minimum Gasteiger partial charge on any atom is -0.384 e. The normalized spacial score (nSPS) is 10.3. The van der Waals surface area contributed by atoms with Crippen LogP contribution in [0.2, 0.25) is 0 Å². The number of hydrogen-bond donors (Lipinski definition) is 0. The van der Waals surface area contributed by atoms with Crippen molar-refractivity contribution in [3.05, 3.63) is 0 Å². The maximum absolute atomic E-state index is 8.46. The summed E-state index contributed by atoms with van der Waals surface area (Å²) < 4.78 is 10.0. The van der Waals surface area contributed by atoms with Crippen molar-refractivity contribution in [2.75, 3.05) is 45.9 Å². The van der Waals surface area contributed by atoms with Gasteiger partial charge in [-0.1, -0.05) is 0 Å². The molecule has 0 rings (SSSR count). The average molecular weight is 203 g/mol. The van der Waals surface area contributed by atoms with Crippen molar-refractivity contribution < 1.29 is 9.47 Å². The van der Waals surface area contributed by atoms with Crippen molar-refractivity contribution >= 4 is 7.92 Å². The highest BCUT2D eigenvalue weighted by atomic mass is 31.1. The fraction of sp³-hybridized carbons (Fsp3) is 0.889. The summed E-state index contributed by atoms with van der Waals surface area (Å²) in [7, 11) is 3.38. The SMILES string of the molecule is COCCP(CCC#N)CCOC. The highest BCUT2D eigenvalue weighted by Crippen LogP contribution is 2.35. The molecule has 0 heterocycles. The van der Waals surface area contributed by atoms with Gasteiger partial charge in [0.05, 0.1) is 19.3 Å². The van der Waals surface area contributed by atoms with E-state index in [9.17, 15) is 0 Å². The van der Waals surface area contributed by atoms with E-state index in [1.165, 1.54) is 0 Å². The molecule has 13 heavy (non-hydrogen) atoms. The summed E-state index contributed by atoms with van der Waals surface area (Å²) in [5.41, 5.74) is 0. The Kier molecular flexibility index (Phi) is 9.80. The fourth-order valence-corrected chi connectivity index (χ4v) is 2.95. The van der Waals surface area contributed by atoms with Crippen LogP contribution in [0.25, 0.3) is 0 Å². The molecule has 0 atom stereocenters. The minimum atomic E-state index is -0.0508. The molecular weight excluding hydrogens is 185 g/mol. The van der Waals surface area contributed by atoms with Crippen molar-refractivity contribution in [3.63, 3.8) is 0 Å². The number of methoxy groups -OCH3 is 2. The molecule has 0 saturated carbocycles. The molecule has 0 saturated heterocycles. The van der Waals surface area contributed by atoms with Gasteiger partial charge in [0.2, 0.25) is 0 Å². The summed E-state index contributed by atoms with van der Waals surface area (Å²) >= 11 is 0. The van der Waals surface area contributed by atoms with E-state index in [0.29, 0.717) is 6.42 Å².